The highest BCUT2D eigenvalue weighted by Gasteiger charge is 2.30. The standard InChI is InChI=1S/C18H28N2S/c1-21-18-9-8-17(13-18)20-11-5-10-19-16(14-20)12-15-6-3-2-4-7-15/h2-4,6-7,16-19H,5,8-14H2,1H3. The molecule has 0 radical (unpaired) electrons. The molecule has 3 rings (SSSR count). The number of thioether (sulfide) groups is 1. The maximum Gasteiger partial charge on any atom is 0.0235 e. The average Bonchev–Trinajstić information content (AvgIpc) is 2.89. The third-order valence-electron chi connectivity index (χ3n) is 5.04. The Kier molecular flexibility index (Phi) is 5.61. The van der Waals surface area contributed by atoms with Gasteiger partial charge in [-0.15, -0.1) is 0 Å². The van der Waals surface area contributed by atoms with E-state index in [9.17, 15) is 0 Å². The van der Waals surface area contributed by atoms with Gasteiger partial charge in [0.25, 0.3) is 0 Å². The Morgan fingerprint density at radius 3 is 2.86 bits per heavy atom. The molecule has 116 valence electrons. The minimum Gasteiger partial charge on any atom is -0.312 e. The summed E-state index contributed by atoms with van der Waals surface area (Å²) in [4.78, 5) is 2.78. The second-order valence-electron chi connectivity index (χ2n) is 6.51. The molecule has 0 amide bonds. The monoisotopic (exact) mass is 304 g/mol. The Balaban J connectivity index is 1.58. The van der Waals surface area contributed by atoms with Crippen molar-refractivity contribution in [2.45, 2.75) is 49.4 Å². The summed E-state index contributed by atoms with van der Waals surface area (Å²) in [5.41, 5.74) is 1.46. The van der Waals surface area contributed by atoms with E-state index in [0.717, 1.165) is 17.7 Å². The van der Waals surface area contributed by atoms with Crippen LogP contribution in [0.5, 0.6) is 0 Å². The molecule has 1 saturated carbocycles. The van der Waals surface area contributed by atoms with Crippen LogP contribution in [0.1, 0.15) is 31.2 Å². The molecule has 3 heteroatoms. The van der Waals surface area contributed by atoms with Crippen LogP contribution >= 0.6 is 11.8 Å². The van der Waals surface area contributed by atoms with E-state index < -0.39 is 0 Å². The van der Waals surface area contributed by atoms with Gasteiger partial charge < -0.3 is 5.32 Å². The molecule has 2 nitrogen and oxygen atoms in total. The Hall–Kier alpha value is -0.510. The molecule has 1 aliphatic carbocycles. The van der Waals surface area contributed by atoms with E-state index in [1.165, 1.54) is 50.9 Å². The molecular formula is C18H28N2S. The molecule has 1 heterocycles. The molecule has 0 bridgehead atoms. The molecule has 1 aromatic carbocycles. The molecule has 0 spiro atoms. The minimum absolute atomic E-state index is 0.614. The maximum atomic E-state index is 3.76. The fourth-order valence-electron chi connectivity index (χ4n) is 3.86. The van der Waals surface area contributed by atoms with Gasteiger partial charge in [0.15, 0.2) is 0 Å². The van der Waals surface area contributed by atoms with Crippen molar-refractivity contribution in [1.29, 1.82) is 0 Å². The van der Waals surface area contributed by atoms with Crippen molar-refractivity contribution in [3.63, 3.8) is 0 Å². The summed E-state index contributed by atoms with van der Waals surface area (Å²) in [6.07, 6.45) is 8.96. The van der Waals surface area contributed by atoms with Crippen LogP contribution in [0.3, 0.4) is 0 Å². The lowest BCUT2D eigenvalue weighted by atomic mass is 10.0. The third kappa shape index (κ3) is 4.24. The SMILES string of the molecule is CSC1CCC(N2CCCNC(Cc3ccccc3)C2)C1. The van der Waals surface area contributed by atoms with Gasteiger partial charge in [0.2, 0.25) is 0 Å². The van der Waals surface area contributed by atoms with Crippen LogP contribution < -0.4 is 5.32 Å². The van der Waals surface area contributed by atoms with Crippen molar-refractivity contribution >= 4 is 11.8 Å². The van der Waals surface area contributed by atoms with Crippen molar-refractivity contribution in [3.8, 4) is 0 Å². The second kappa shape index (κ2) is 7.66. The predicted octanol–water partition coefficient (Wildman–Crippen LogP) is 3.18. The molecule has 3 unspecified atom stereocenters. The highest BCUT2D eigenvalue weighted by molar-refractivity contribution is 7.99. The van der Waals surface area contributed by atoms with Gasteiger partial charge >= 0.3 is 0 Å². The number of nitrogens with zero attached hydrogens (tertiary/aromatic N) is 1. The van der Waals surface area contributed by atoms with Crippen molar-refractivity contribution in [1.82, 2.24) is 10.2 Å². The molecule has 1 saturated heterocycles. The summed E-state index contributed by atoms with van der Waals surface area (Å²) >= 11 is 2.07. The number of nitrogens with one attached hydrogen (secondary N) is 1. The van der Waals surface area contributed by atoms with Crippen molar-refractivity contribution in [3.05, 3.63) is 35.9 Å². The molecule has 1 aliphatic heterocycles. The molecule has 2 fully saturated rings. The van der Waals surface area contributed by atoms with Crippen molar-refractivity contribution in [2.24, 2.45) is 0 Å². The Morgan fingerprint density at radius 1 is 1.24 bits per heavy atom. The lowest BCUT2D eigenvalue weighted by molar-refractivity contribution is 0.195. The number of hydrogen-bond acceptors (Lipinski definition) is 3. The average molecular weight is 305 g/mol. The normalized spacial score (nSPS) is 31.2. The second-order valence-corrected chi connectivity index (χ2v) is 7.65. The van der Waals surface area contributed by atoms with E-state index in [2.05, 4.69) is 58.6 Å². The van der Waals surface area contributed by atoms with Gasteiger partial charge in [0.05, 0.1) is 0 Å². The first-order valence-electron chi connectivity index (χ1n) is 8.39. The summed E-state index contributed by atoms with van der Waals surface area (Å²) in [6, 6.07) is 12.4. The van der Waals surface area contributed by atoms with Gasteiger partial charge in [-0.1, -0.05) is 30.3 Å². The van der Waals surface area contributed by atoms with E-state index in [4.69, 9.17) is 0 Å². The predicted molar refractivity (Wildman–Crippen MR) is 93.1 cm³/mol. The van der Waals surface area contributed by atoms with Crippen LogP contribution in [0.15, 0.2) is 30.3 Å². The van der Waals surface area contributed by atoms with Gasteiger partial charge in [-0.05, 0) is 57.0 Å². The van der Waals surface area contributed by atoms with Crippen molar-refractivity contribution in [2.75, 3.05) is 25.9 Å². The zero-order valence-electron chi connectivity index (χ0n) is 13.1. The zero-order chi connectivity index (χ0) is 14.5. The summed E-state index contributed by atoms with van der Waals surface area (Å²) < 4.78 is 0. The van der Waals surface area contributed by atoms with Gasteiger partial charge in [-0.2, -0.15) is 11.8 Å². The van der Waals surface area contributed by atoms with Crippen LogP contribution in [0.4, 0.5) is 0 Å². The minimum atomic E-state index is 0.614. The highest BCUT2D eigenvalue weighted by Crippen LogP contribution is 2.32. The summed E-state index contributed by atoms with van der Waals surface area (Å²) in [5, 5.41) is 4.66. The van der Waals surface area contributed by atoms with Crippen LogP contribution in [0, 0.1) is 0 Å². The van der Waals surface area contributed by atoms with E-state index in [0.29, 0.717) is 6.04 Å². The maximum absolute atomic E-state index is 3.76. The lowest BCUT2D eigenvalue weighted by Gasteiger charge is -2.30. The Bertz CT molecular complexity index is 422. The molecule has 1 N–H and O–H groups in total. The highest BCUT2D eigenvalue weighted by atomic mass is 32.2. The fraction of sp³-hybridized carbons (Fsp3) is 0.667. The van der Waals surface area contributed by atoms with Gasteiger partial charge in [-0.25, -0.2) is 0 Å². The number of hydrogen-bond donors (Lipinski definition) is 1. The molecule has 3 atom stereocenters. The first-order chi connectivity index (χ1) is 10.3. The van der Waals surface area contributed by atoms with Crippen LogP contribution in [0.2, 0.25) is 0 Å². The summed E-state index contributed by atoms with van der Waals surface area (Å²) in [5.74, 6) is 0. The third-order valence-corrected chi connectivity index (χ3v) is 6.14. The molecule has 0 aromatic heterocycles. The lowest BCUT2D eigenvalue weighted by Crippen LogP contribution is -2.43. The Morgan fingerprint density at radius 2 is 2.10 bits per heavy atom. The zero-order valence-corrected chi connectivity index (χ0v) is 13.9. The molecular weight excluding hydrogens is 276 g/mol. The van der Waals surface area contributed by atoms with Crippen LogP contribution in [-0.4, -0.2) is 48.1 Å². The van der Waals surface area contributed by atoms with Crippen LogP contribution in [0.25, 0.3) is 0 Å². The quantitative estimate of drug-likeness (QED) is 0.920. The Labute approximate surface area is 133 Å². The van der Waals surface area contributed by atoms with E-state index in [1.54, 1.807) is 0 Å². The fourth-order valence-corrected chi connectivity index (χ4v) is 4.64. The summed E-state index contributed by atoms with van der Waals surface area (Å²) in [6.45, 7) is 3.68. The van der Waals surface area contributed by atoms with E-state index >= 15 is 0 Å². The largest absolute Gasteiger partial charge is 0.312 e. The van der Waals surface area contributed by atoms with Gasteiger partial charge in [0, 0.05) is 23.9 Å². The van der Waals surface area contributed by atoms with Crippen LogP contribution in [-0.2, 0) is 6.42 Å². The topological polar surface area (TPSA) is 15.3 Å². The molecule has 2 aliphatic rings. The van der Waals surface area contributed by atoms with Gasteiger partial charge in [0.1, 0.15) is 0 Å². The van der Waals surface area contributed by atoms with Gasteiger partial charge in [-0.3, -0.25) is 4.90 Å². The molecule has 1 aromatic rings. The van der Waals surface area contributed by atoms with Crippen molar-refractivity contribution < 1.29 is 0 Å². The first-order valence-corrected chi connectivity index (χ1v) is 9.68. The smallest absolute Gasteiger partial charge is 0.0235 e. The summed E-state index contributed by atoms with van der Waals surface area (Å²) in [7, 11) is 0. The molecule has 21 heavy (non-hydrogen) atoms. The number of rotatable bonds is 4. The first kappa shape index (κ1) is 15.4. The van der Waals surface area contributed by atoms with E-state index in [1.807, 2.05) is 0 Å². The number of benzene rings is 1. The van der Waals surface area contributed by atoms with E-state index in [-0.39, 0.29) is 0 Å².